The molecule has 0 spiro atoms. The Bertz CT molecular complexity index is 82.3. The van der Waals surface area contributed by atoms with E-state index < -0.39 is 7.82 Å². The third-order valence-electron chi connectivity index (χ3n) is 0.129. The van der Waals surface area contributed by atoms with Gasteiger partial charge in [0.15, 0.2) is 0 Å². The number of thiol groups is 1. The predicted octanol–water partition coefficient (Wildman–Crippen LogP) is -1.05. The van der Waals surface area contributed by atoms with E-state index in [9.17, 15) is 0 Å². The van der Waals surface area contributed by atoms with Gasteiger partial charge in [-0.3, -0.25) is 0 Å². The summed E-state index contributed by atoms with van der Waals surface area (Å²) >= 11 is 3.80. The van der Waals surface area contributed by atoms with E-state index in [-0.39, 0.29) is 0 Å². The quantitative estimate of drug-likeness (QED) is 0.258. The van der Waals surface area contributed by atoms with Crippen molar-refractivity contribution in [2.75, 3.05) is 12.3 Å². The molecule has 0 unspecified atom stereocenters. The molecular formula is C2H10NO4PS. The van der Waals surface area contributed by atoms with Gasteiger partial charge >= 0.3 is 7.82 Å². The van der Waals surface area contributed by atoms with Gasteiger partial charge in [0.25, 0.3) is 0 Å². The first-order valence-electron chi connectivity index (χ1n) is 2.01. The van der Waals surface area contributed by atoms with Gasteiger partial charge in [-0.25, -0.2) is 4.57 Å². The second kappa shape index (κ2) is 6.54. The first kappa shape index (κ1) is 12.1. The summed E-state index contributed by atoms with van der Waals surface area (Å²) in [4.78, 5) is 21.6. The lowest BCUT2D eigenvalue weighted by molar-refractivity contribution is 0.275. The number of hydrogen-bond acceptors (Lipinski definition) is 3. The SMILES string of the molecule is NCCS.O=P(O)(O)O. The average Bonchev–Trinajstić information content (AvgIpc) is 1.61. The standard InChI is InChI=1S/C2H7NS.H3O4P/c3-1-2-4;1-5(2,3)4/h4H,1-3H2;(H3,1,2,3,4). The minimum Gasteiger partial charge on any atom is -0.330 e. The first-order chi connectivity index (χ1) is 3.91. The van der Waals surface area contributed by atoms with Crippen LogP contribution in [0.1, 0.15) is 0 Å². The van der Waals surface area contributed by atoms with Crippen LogP contribution in [0.4, 0.5) is 0 Å². The molecule has 0 aromatic carbocycles. The van der Waals surface area contributed by atoms with E-state index in [2.05, 4.69) is 12.6 Å². The van der Waals surface area contributed by atoms with Gasteiger partial charge in [-0.2, -0.15) is 12.6 Å². The number of hydrogen-bond donors (Lipinski definition) is 5. The molecule has 0 fully saturated rings. The van der Waals surface area contributed by atoms with Crippen LogP contribution in [-0.4, -0.2) is 27.0 Å². The Morgan fingerprint density at radius 3 is 1.56 bits per heavy atom. The summed E-state index contributed by atoms with van der Waals surface area (Å²) in [7, 11) is -4.64. The van der Waals surface area contributed by atoms with Gasteiger partial charge in [-0.05, 0) is 0 Å². The molecule has 0 bridgehead atoms. The fraction of sp³-hybridized carbons (Fsp3) is 1.00. The predicted molar refractivity (Wildman–Crippen MR) is 37.2 cm³/mol. The van der Waals surface area contributed by atoms with Crippen molar-refractivity contribution in [3.8, 4) is 0 Å². The molecule has 0 aliphatic heterocycles. The lowest BCUT2D eigenvalue weighted by Crippen LogP contribution is -1.97. The summed E-state index contributed by atoms with van der Waals surface area (Å²) in [5.41, 5.74) is 4.95. The van der Waals surface area contributed by atoms with E-state index in [4.69, 9.17) is 25.0 Å². The molecule has 5 nitrogen and oxygen atoms in total. The van der Waals surface area contributed by atoms with E-state index in [1.54, 1.807) is 0 Å². The summed E-state index contributed by atoms with van der Waals surface area (Å²) < 4.78 is 8.88. The Hall–Kier alpha value is 0.420. The molecule has 0 amide bonds. The normalized spacial score (nSPS) is 9.89. The molecule has 0 atom stereocenters. The molecular weight excluding hydrogens is 165 g/mol. The highest BCUT2D eigenvalue weighted by atomic mass is 32.1. The zero-order valence-corrected chi connectivity index (χ0v) is 6.42. The molecule has 0 radical (unpaired) electrons. The molecule has 0 aliphatic rings. The first-order valence-corrected chi connectivity index (χ1v) is 4.20. The largest absolute Gasteiger partial charge is 0.466 e. The van der Waals surface area contributed by atoms with E-state index in [1.165, 1.54) is 0 Å². The molecule has 0 rings (SSSR count). The Morgan fingerprint density at radius 2 is 1.56 bits per heavy atom. The van der Waals surface area contributed by atoms with E-state index in [0.29, 0.717) is 6.54 Å². The molecule has 0 aromatic rings. The van der Waals surface area contributed by atoms with Gasteiger partial charge < -0.3 is 20.4 Å². The van der Waals surface area contributed by atoms with Crippen molar-refractivity contribution in [2.45, 2.75) is 0 Å². The van der Waals surface area contributed by atoms with Crippen molar-refractivity contribution in [2.24, 2.45) is 5.73 Å². The van der Waals surface area contributed by atoms with Crippen molar-refractivity contribution >= 4 is 20.5 Å². The fourth-order valence-electron chi connectivity index (χ4n) is 0. The fourth-order valence-corrected chi connectivity index (χ4v) is 0. The van der Waals surface area contributed by atoms with Crippen molar-refractivity contribution in [3.05, 3.63) is 0 Å². The molecule has 9 heavy (non-hydrogen) atoms. The van der Waals surface area contributed by atoms with Crippen LogP contribution in [0.25, 0.3) is 0 Å². The van der Waals surface area contributed by atoms with Crippen molar-refractivity contribution in [1.82, 2.24) is 0 Å². The maximum Gasteiger partial charge on any atom is 0.466 e. The van der Waals surface area contributed by atoms with Crippen LogP contribution < -0.4 is 5.73 Å². The molecule has 0 aromatic heterocycles. The topological polar surface area (TPSA) is 104 Å². The second-order valence-corrected chi connectivity index (χ2v) is 2.50. The second-order valence-electron chi connectivity index (χ2n) is 1.03. The minimum atomic E-state index is -4.64. The maximum absolute atomic E-state index is 8.88. The minimum absolute atomic E-state index is 0.684. The van der Waals surface area contributed by atoms with Crippen LogP contribution in [0.3, 0.4) is 0 Å². The molecule has 0 saturated carbocycles. The van der Waals surface area contributed by atoms with Crippen LogP contribution >= 0.6 is 20.5 Å². The zero-order chi connectivity index (χ0) is 7.91. The summed E-state index contributed by atoms with van der Waals surface area (Å²) in [5.74, 6) is 0.792. The van der Waals surface area contributed by atoms with Crippen LogP contribution in [0.2, 0.25) is 0 Å². The Kier molecular flexibility index (Phi) is 8.81. The van der Waals surface area contributed by atoms with Crippen LogP contribution in [0, 0.1) is 0 Å². The molecule has 0 heterocycles. The number of phosphoric acid groups is 1. The van der Waals surface area contributed by atoms with Crippen molar-refractivity contribution < 1.29 is 19.2 Å². The maximum atomic E-state index is 8.88. The van der Waals surface area contributed by atoms with E-state index in [1.807, 2.05) is 0 Å². The molecule has 7 heteroatoms. The Morgan fingerprint density at radius 1 is 1.44 bits per heavy atom. The van der Waals surface area contributed by atoms with Gasteiger partial charge in [-0.15, -0.1) is 0 Å². The summed E-state index contributed by atoms with van der Waals surface area (Å²) in [5, 5.41) is 0. The lowest BCUT2D eigenvalue weighted by Gasteiger charge is -1.82. The highest BCUT2D eigenvalue weighted by Gasteiger charge is 2.00. The molecule has 58 valence electrons. The highest BCUT2D eigenvalue weighted by Crippen LogP contribution is 2.25. The summed E-state index contributed by atoms with van der Waals surface area (Å²) in [6.07, 6.45) is 0. The van der Waals surface area contributed by atoms with Gasteiger partial charge in [0.2, 0.25) is 0 Å². The van der Waals surface area contributed by atoms with Gasteiger partial charge in [0.1, 0.15) is 0 Å². The van der Waals surface area contributed by atoms with Gasteiger partial charge in [-0.1, -0.05) is 0 Å². The number of nitrogens with two attached hydrogens (primary N) is 1. The summed E-state index contributed by atoms with van der Waals surface area (Å²) in [6, 6.07) is 0. The van der Waals surface area contributed by atoms with Crippen molar-refractivity contribution in [1.29, 1.82) is 0 Å². The molecule has 0 saturated heterocycles. The average molecular weight is 175 g/mol. The molecule has 0 aliphatic carbocycles. The van der Waals surface area contributed by atoms with Gasteiger partial charge in [0, 0.05) is 12.3 Å². The molecule has 5 N–H and O–H groups in total. The van der Waals surface area contributed by atoms with Crippen molar-refractivity contribution in [3.63, 3.8) is 0 Å². The van der Waals surface area contributed by atoms with E-state index in [0.717, 1.165) is 5.75 Å². The van der Waals surface area contributed by atoms with Crippen LogP contribution in [0.15, 0.2) is 0 Å². The zero-order valence-electron chi connectivity index (χ0n) is 4.64. The van der Waals surface area contributed by atoms with E-state index >= 15 is 0 Å². The van der Waals surface area contributed by atoms with Crippen LogP contribution in [0.5, 0.6) is 0 Å². The Balaban J connectivity index is 0. The smallest absolute Gasteiger partial charge is 0.330 e. The lowest BCUT2D eigenvalue weighted by atomic mass is 10.8. The van der Waals surface area contributed by atoms with Crippen LogP contribution in [-0.2, 0) is 4.57 Å². The highest BCUT2D eigenvalue weighted by molar-refractivity contribution is 7.80. The third kappa shape index (κ3) is 172. The summed E-state index contributed by atoms with van der Waals surface area (Å²) in [6.45, 7) is 0.684. The third-order valence-corrected chi connectivity index (χ3v) is 0.387. The monoisotopic (exact) mass is 175 g/mol. The Labute approximate surface area is 58.5 Å². The number of rotatable bonds is 1. The van der Waals surface area contributed by atoms with Gasteiger partial charge in [0.05, 0.1) is 0 Å².